The van der Waals surface area contributed by atoms with E-state index >= 15 is 0 Å². The van der Waals surface area contributed by atoms with Crippen LogP contribution in [-0.4, -0.2) is 26.3 Å². The lowest BCUT2D eigenvalue weighted by Crippen LogP contribution is -2.34. The molecule has 0 unspecified atom stereocenters. The third-order valence-corrected chi connectivity index (χ3v) is 3.51. The lowest BCUT2D eigenvalue weighted by Gasteiger charge is -2.31. The van der Waals surface area contributed by atoms with Crippen LogP contribution in [0.4, 0.5) is 0 Å². The molecule has 0 spiro atoms. The fourth-order valence-corrected chi connectivity index (χ4v) is 2.25. The van der Waals surface area contributed by atoms with Gasteiger partial charge in [0.1, 0.15) is 5.78 Å². The van der Waals surface area contributed by atoms with Crippen LogP contribution < -0.4 is 0 Å². The second-order valence-electron chi connectivity index (χ2n) is 4.71. The Bertz CT molecular complexity index is 374. The normalized spacial score (nSPS) is 20.0. The van der Waals surface area contributed by atoms with Crippen LogP contribution in [0.1, 0.15) is 37.8 Å². The Labute approximate surface area is 95.3 Å². The van der Waals surface area contributed by atoms with E-state index in [-0.39, 0.29) is 5.78 Å². The first-order chi connectivity index (χ1) is 7.59. The summed E-state index contributed by atoms with van der Waals surface area (Å²) in [7, 11) is 1.91. The van der Waals surface area contributed by atoms with Crippen molar-refractivity contribution in [3.05, 3.63) is 18.0 Å². The number of aromatic nitrogens is 2. The first kappa shape index (κ1) is 11.3. The third-order valence-electron chi connectivity index (χ3n) is 3.51. The summed E-state index contributed by atoms with van der Waals surface area (Å²) >= 11 is 0. The molecule has 4 nitrogen and oxygen atoms in total. The van der Waals surface area contributed by atoms with Crippen LogP contribution in [0.25, 0.3) is 0 Å². The van der Waals surface area contributed by atoms with Gasteiger partial charge in [-0.25, -0.2) is 0 Å². The summed E-state index contributed by atoms with van der Waals surface area (Å²) in [5, 5.41) is 14.4. The molecule has 88 valence electrons. The number of ketones is 1. The number of Topliss-reactive ketones (excluding diaryl/α,β-unsaturated/α-hetero) is 1. The maximum atomic E-state index is 11.1. The van der Waals surface area contributed by atoms with Crippen LogP contribution in [0.15, 0.2) is 12.3 Å². The van der Waals surface area contributed by atoms with Crippen molar-refractivity contribution in [2.75, 3.05) is 0 Å². The molecule has 1 saturated carbocycles. The van der Waals surface area contributed by atoms with Crippen molar-refractivity contribution in [2.45, 2.75) is 44.1 Å². The van der Waals surface area contributed by atoms with Crippen LogP contribution in [-0.2, 0) is 18.3 Å². The van der Waals surface area contributed by atoms with E-state index in [4.69, 9.17) is 0 Å². The van der Waals surface area contributed by atoms with Gasteiger partial charge in [0, 0.05) is 31.8 Å². The molecule has 0 radical (unpaired) electrons. The van der Waals surface area contributed by atoms with Gasteiger partial charge in [-0.2, -0.15) is 5.10 Å². The fourth-order valence-electron chi connectivity index (χ4n) is 2.25. The average molecular weight is 222 g/mol. The Morgan fingerprint density at radius 1 is 1.50 bits per heavy atom. The molecule has 1 fully saturated rings. The van der Waals surface area contributed by atoms with E-state index < -0.39 is 5.60 Å². The SMILES string of the molecule is Cn1nccc1CCC1(O)CCC(=O)CC1. The lowest BCUT2D eigenvalue weighted by atomic mass is 9.81. The Morgan fingerprint density at radius 2 is 2.19 bits per heavy atom. The van der Waals surface area contributed by atoms with E-state index in [9.17, 15) is 9.90 Å². The number of carbonyl (C=O) groups is 1. The van der Waals surface area contributed by atoms with Gasteiger partial charge in [0.25, 0.3) is 0 Å². The highest BCUT2D eigenvalue weighted by molar-refractivity contribution is 5.79. The second-order valence-corrected chi connectivity index (χ2v) is 4.71. The Kier molecular flexibility index (Phi) is 3.10. The van der Waals surface area contributed by atoms with Gasteiger partial charge < -0.3 is 5.11 Å². The molecule has 1 aliphatic rings. The number of nitrogens with zero attached hydrogens (tertiary/aromatic N) is 2. The zero-order chi connectivity index (χ0) is 11.6. The minimum atomic E-state index is -0.641. The van der Waals surface area contributed by atoms with Crippen molar-refractivity contribution >= 4 is 5.78 Å². The topological polar surface area (TPSA) is 55.1 Å². The van der Waals surface area contributed by atoms with Crippen molar-refractivity contribution in [2.24, 2.45) is 7.05 Å². The van der Waals surface area contributed by atoms with Gasteiger partial charge in [0.05, 0.1) is 5.60 Å². The number of aliphatic hydroxyl groups is 1. The quantitative estimate of drug-likeness (QED) is 0.836. The van der Waals surface area contributed by atoms with E-state index in [1.165, 1.54) is 0 Å². The smallest absolute Gasteiger partial charge is 0.133 e. The van der Waals surface area contributed by atoms with Crippen LogP contribution in [0.2, 0.25) is 0 Å². The third kappa shape index (κ3) is 2.50. The summed E-state index contributed by atoms with van der Waals surface area (Å²) < 4.78 is 1.83. The molecular weight excluding hydrogens is 204 g/mol. The van der Waals surface area contributed by atoms with E-state index in [1.807, 2.05) is 17.8 Å². The van der Waals surface area contributed by atoms with Gasteiger partial charge in [0.2, 0.25) is 0 Å². The molecule has 2 rings (SSSR count). The average Bonchev–Trinajstić information content (AvgIpc) is 2.67. The highest BCUT2D eigenvalue weighted by Crippen LogP contribution is 2.30. The molecule has 0 aliphatic heterocycles. The van der Waals surface area contributed by atoms with Crippen molar-refractivity contribution < 1.29 is 9.90 Å². The maximum Gasteiger partial charge on any atom is 0.133 e. The first-order valence-corrected chi connectivity index (χ1v) is 5.80. The van der Waals surface area contributed by atoms with Gasteiger partial charge in [0.15, 0.2) is 0 Å². The van der Waals surface area contributed by atoms with Crippen molar-refractivity contribution in [3.8, 4) is 0 Å². The maximum absolute atomic E-state index is 11.1. The molecule has 0 aromatic carbocycles. The number of hydrogen-bond acceptors (Lipinski definition) is 3. The second kappa shape index (κ2) is 4.37. The molecule has 1 heterocycles. The zero-order valence-corrected chi connectivity index (χ0v) is 9.65. The Balaban J connectivity index is 1.90. The number of rotatable bonds is 3. The zero-order valence-electron chi connectivity index (χ0n) is 9.65. The number of aryl methyl sites for hydroxylation is 2. The van der Waals surface area contributed by atoms with Gasteiger partial charge >= 0.3 is 0 Å². The number of hydrogen-bond donors (Lipinski definition) is 1. The van der Waals surface area contributed by atoms with E-state index in [1.54, 1.807) is 6.20 Å². The van der Waals surface area contributed by atoms with Crippen LogP contribution >= 0.6 is 0 Å². The molecule has 1 aromatic heterocycles. The molecule has 0 amide bonds. The Morgan fingerprint density at radius 3 is 2.75 bits per heavy atom. The fraction of sp³-hybridized carbons (Fsp3) is 0.667. The van der Waals surface area contributed by atoms with Crippen LogP contribution in [0.3, 0.4) is 0 Å². The molecular formula is C12H18N2O2. The predicted octanol–water partition coefficient (Wildman–Crippen LogP) is 1.23. The largest absolute Gasteiger partial charge is 0.390 e. The van der Waals surface area contributed by atoms with Gasteiger partial charge in [-0.3, -0.25) is 9.48 Å². The lowest BCUT2D eigenvalue weighted by molar-refractivity contribution is -0.125. The van der Waals surface area contributed by atoms with Crippen molar-refractivity contribution in [1.82, 2.24) is 9.78 Å². The minimum absolute atomic E-state index is 0.283. The van der Waals surface area contributed by atoms with E-state index in [0.717, 1.165) is 18.5 Å². The standard InChI is InChI=1S/C12H18N2O2/c1-14-10(5-9-13-14)2-6-12(16)7-3-11(15)4-8-12/h5,9,16H,2-4,6-8H2,1H3. The monoisotopic (exact) mass is 222 g/mol. The molecule has 0 atom stereocenters. The van der Waals surface area contributed by atoms with Crippen LogP contribution in [0, 0.1) is 0 Å². The van der Waals surface area contributed by atoms with E-state index in [0.29, 0.717) is 25.7 Å². The predicted molar refractivity (Wildman–Crippen MR) is 60.0 cm³/mol. The number of carbonyl (C=O) groups excluding carboxylic acids is 1. The molecule has 4 heteroatoms. The summed E-state index contributed by atoms with van der Waals surface area (Å²) in [6, 6.07) is 1.97. The molecule has 0 saturated heterocycles. The minimum Gasteiger partial charge on any atom is -0.390 e. The molecule has 16 heavy (non-hydrogen) atoms. The Hall–Kier alpha value is -1.16. The molecule has 1 aliphatic carbocycles. The highest BCUT2D eigenvalue weighted by Gasteiger charge is 2.31. The highest BCUT2D eigenvalue weighted by atomic mass is 16.3. The molecule has 1 aromatic rings. The summed E-state index contributed by atoms with van der Waals surface area (Å²) in [5.74, 6) is 0.283. The summed E-state index contributed by atoms with van der Waals surface area (Å²) in [4.78, 5) is 11.1. The van der Waals surface area contributed by atoms with Gasteiger partial charge in [-0.15, -0.1) is 0 Å². The van der Waals surface area contributed by atoms with E-state index in [2.05, 4.69) is 5.10 Å². The van der Waals surface area contributed by atoms with Crippen molar-refractivity contribution in [1.29, 1.82) is 0 Å². The molecule has 0 bridgehead atoms. The summed E-state index contributed by atoms with van der Waals surface area (Å²) in [5.41, 5.74) is 0.489. The van der Waals surface area contributed by atoms with Crippen molar-refractivity contribution in [3.63, 3.8) is 0 Å². The molecule has 1 N–H and O–H groups in total. The summed E-state index contributed by atoms with van der Waals surface area (Å²) in [6.45, 7) is 0. The van der Waals surface area contributed by atoms with Crippen LogP contribution in [0.5, 0.6) is 0 Å². The first-order valence-electron chi connectivity index (χ1n) is 5.80. The van der Waals surface area contributed by atoms with Gasteiger partial charge in [-0.1, -0.05) is 0 Å². The van der Waals surface area contributed by atoms with Gasteiger partial charge in [-0.05, 0) is 31.7 Å². The summed E-state index contributed by atoms with van der Waals surface area (Å²) in [6.07, 6.45) is 5.60.